The molecule has 1 amide bonds. The first-order valence-electron chi connectivity index (χ1n) is 11.3. The molecule has 0 bridgehead atoms. The van der Waals surface area contributed by atoms with Crippen molar-refractivity contribution < 1.29 is 32.8 Å². The van der Waals surface area contributed by atoms with E-state index in [4.69, 9.17) is 36.8 Å². The summed E-state index contributed by atoms with van der Waals surface area (Å²) >= 11 is 12.4. The molecule has 0 saturated carbocycles. The predicted molar refractivity (Wildman–Crippen MR) is 136 cm³/mol. The fourth-order valence-electron chi connectivity index (χ4n) is 3.52. The molecule has 2 aromatic heterocycles. The summed E-state index contributed by atoms with van der Waals surface area (Å²) in [6.45, 7) is 0.686. The van der Waals surface area contributed by atoms with Gasteiger partial charge in [-0.2, -0.15) is 5.10 Å². The summed E-state index contributed by atoms with van der Waals surface area (Å²) in [7, 11) is 0. The van der Waals surface area contributed by atoms with Crippen molar-refractivity contribution >= 4 is 35.1 Å². The van der Waals surface area contributed by atoms with E-state index in [1.165, 1.54) is 11.9 Å². The summed E-state index contributed by atoms with van der Waals surface area (Å²) in [6.07, 6.45) is -0.726. The van der Waals surface area contributed by atoms with Crippen LogP contribution in [0.4, 0.5) is 0 Å². The Hall–Kier alpha value is -4.17. The van der Waals surface area contributed by atoms with Gasteiger partial charge in [-0.3, -0.25) is 10.2 Å². The van der Waals surface area contributed by atoms with Crippen LogP contribution in [0.15, 0.2) is 62.3 Å². The Labute approximate surface area is 229 Å². The summed E-state index contributed by atoms with van der Waals surface area (Å²) in [5.74, 6) is -2.55. The van der Waals surface area contributed by atoms with Gasteiger partial charge in [-0.15, -0.1) is 0 Å². The summed E-state index contributed by atoms with van der Waals surface area (Å²) in [6, 6.07) is 12.3. The van der Waals surface area contributed by atoms with Crippen LogP contribution in [0.1, 0.15) is 27.6 Å². The van der Waals surface area contributed by atoms with Gasteiger partial charge in [0, 0.05) is 22.2 Å². The number of H-pyrrole nitrogens is 2. The van der Waals surface area contributed by atoms with Gasteiger partial charge in [0.05, 0.1) is 11.1 Å². The lowest BCUT2D eigenvalue weighted by Gasteiger charge is -2.24. The second kappa shape index (κ2) is 12.1. The third-order valence-corrected chi connectivity index (χ3v) is 6.03. The van der Waals surface area contributed by atoms with Crippen LogP contribution in [0.25, 0.3) is 11.1 Å². The van der Waals surface area contributed by atoms with E-state index < -0.39 is 30.4 Å². The number of hydrogen-bond donors (Lipinski definition) is 4. The molecule has 2 aromatic carbocycles. The lowest BCUT2D eigenvalue weighted by molar-refractivity contribution is -0.564. The second-order valence-electron chi connectivity index (χ2n) is 8.30. The normalized spacial score (nSPS) is 11.9. The van der Waals surface area contributed by atoms with E-state index in [2.05, 4.69) is 15.7 Å². The second-order valence-corrected chi connectivity index (χ2v) is 9.15. The molecule has 4 N–H and O–H groups in total. The van der Waals surface area contributed by atoms with Crippen LogP contribution in [0.2, 0.25) is 10.0 Å². The largest absolute Gasteiger partial charge is 0.519 e. The van der Waals surface area contributed by atoms with Crippen molar-refractivity contribution in [1.29, 1.82) is 0 Å². The molecule has 4 rings (SSSR count). The molecule has 0 spiro atoms. The SMILES string of the molecule is Cc1oc(=O)oc1COC(=O)[C@H](O)CN(Cc1ccc(-c2cc(Cl)ccc2Cl)cc1)NC(=O)c1c[n+](=O)[nH][nH]1. The number of aliphatic hydroxyl groups is 1. The number of hydrazine groups is 1. The molecule has 39 heavy (non-hydrogen) atoms. The number of carbonyl (C=O) groups is 2. The van der Waals surface area contributed by atoms with E-state index in [-0.39, 0.29) is 30.3 Å². The Bertz CT molecular complexity index is 1590. The van der Waals surface area contributed by atoms with Gasteiger partial charge in [0.2, 0.25) is 6.20 Å². The van der Waals surface area contributed by atoms with E-state index in [0.29, 0.717) is 20.2 Å². The highest BCUT2D eigenvalue weighted by Crippen LogP contribution is 2.30. The van der Waals surface area contributed by atoms with Gasteiger partial charge >= 0.3 is 17.7 Å². The maximum atomic E-state index is 12.6. The van der Waals surface area contributed by atoms with Crippen molar-refractivity contribution in [1.82, 2.24) is 20.7 Å². The number of aryl methyl sites for hydroxylation is 1. The van der Waals surface area contributed by atoms with Crippen LogP contribution in [0, 0.1) is 11.8 Å². The Morgan fingerprint density at radius 1 is 1.18 bits per heavy atom. The maximum Gasteiger partial charge on any atom is 0.519 e. The number of esters is 1. The number of benzene rings is 2. The summed E-state index contributed by atoms with van der Waals surface area (Å²) in [5.41, 5.74) is 4.68. The molecule has 2 heterocycles. The van der Waals surface area contributed by atoms with E-state index in [0.717, 1.165) is 17.3 Å². The number of aromatic amines is 2. The van der Waals surface area contributed by atoms with Crippen LogP contribution in [-0.2, 0) is 22.7 Å². The molecule has 15 heteroatoms. The van der Waals surface area contributed by atoms with Crippen LogP contribution < -0.4 is 15.8 Å². The third kappa shape index (κ3) is 7.23. The number of aliphatic hydroxyl groups excluding tert-OH is 1. The molecule has 1 atom stereocenters. The zero-order valence-electron chi connectivity index (χ0n) is 20.3. The quantitative estimate of drug-likeness (QED) is 0.125. The number of amides is 1. The monoisotopic (exact) mass is 578 g/mol. The molecule has 0 aliphatic carbocycles. The number of carbonyl (C=O) groups excluding carboxylic acids is 2. The number of halogens is 2. The lowest BCUT2D eigenvalue weighted by Crippen LogP contribution is -2.47. The van der Waals surface area contributed by atoms with Crippen molar-refractivity contribution in [3.8, 4) is 11.1 Å². The summed E-state index contributed by atoms with van der Waals surface area (Å²) < 4.78 is 14.8. The van der Waals surface area contributed by atoms with E-state index >= 15 is 0 Å². The molecule has 0 aliphatic rings. The minimum atomic E-state index is -1.70. The molecular weight excluding hydrogens is 557 g/mol. The van der Waals surface area contributed by atoms with Crippen molar-refractivity contribution in [2.75, 3.05) is 6.54 Å². The zero-order chi connectivity index (χ0) is 28.1. The van der Waals surface area contributed by atoms with Gasteiger partial charge in [0.1, 0.15) is 0 Å². The Morgan fingerprint density at radius 3 is 2.56 bits per heavy atom. The number of hydrogen-bond acceptors (Lipinski definition) is 9. The first-order valence-corrected chi connectivity index (χ1v) is 12.1. The molecule has 0 unspecified atom stereocenters. The topological polar surface area (TPSA) is 177 Å². The number of nitrogens with one attached hydrogen (secondary N) is 3. The highest BCUT2D eigenvalue weighted by molar-refractivity contribution is 6.35. The fraction of sp³-hybridized carbons (Fsp3) is 0.208. The standard InChI is InChI=1S/C24H21Cl2N5O8/c1-13-21(39-24(35)38-13)12-37-23(34)20(32)11-30(28-22(33)19-10-31(36)29-27-19)9-14-2-4-15(5-3-14)17-8-16(25)6-7-18(17)26/h2-8,10,20,32H,9,11-12H2,1H3,(H2-,27,28,29,33,36)/p+1/t20-/m1/s1. The first kappa shape index (κ1) is 27.9. The van der Waals surface area contributed by atoms with Crippen LogP contribution >= 0.6 is 23.2 Å². The Kier molecular flexibility index (Phi) is 8.66. The maximum absolute atomic E-state index is 12.6. The third-order valence-electron chi connectivity index (χ3n) is 5.46. The van der Waals surface area contributed by atoms with E-state index in [1.807, 2.05) is 0 Å². The van der Waals surface area contributed by atoms with Crippen molar-refractivity contribution in [2.45, 2.75) is 26.2 Å². The van der Waals surface area contributed by atoms with Gasteiger partial charge < -0.3 is 18.7 Å². The average Bonchev–Trinajstić information content (AvgIpc) is 3.48. The minimum Gasteiger partial charge on any atom is -0.455 e. The Balaban J connectivity index is 1.47. The number of nitrogens with zero attached hydrogens (tertiary/aromatic N) is 2. The number of ether oxygens (including phenoxy) is 1. The molecule has 4 aromatic rings. The Morgan fingerprint density at radius 2 is 1.92 bits per heavy atom. The highest BCUT2D eigenvalue weighted by atomic mass is 35.5. The average molecular weight is 579 g/mol. The molecule has 204 valence electrons. The van der Waals surface area contributed by atoms with Crippen molar-refractivity contribution in [3.05, 3.63) is 97.0 Å². The minimum absolute atomic E-state index is 0.000447. The lowest BCUT2D eigenvalue weighted by atomic mass is 10.0. The fourth-order valence-corrected chi connectivity index (χ4v) is 3.92. The van der Waals surface area contributed by atoms with E-state index in [1.54, 1.807) is 42.5 Å². The van der Waals surface area contributed by atoms with Gasteiger partial charge in [-0.25, -0.2) is 14.6 Å². The van der Waals surface area contributed by atoms with Crippen molar-refractivity contribution in [3.63, 3.8) is 0 Å². The van der Waals surface area contributed by atoms with Crippen LogP contribution in [0.5, 0.6) is 0 Å². The van der Waals surface area contributed by atoms with Crippen LogP contribution in [0.3, 0.4) is 0 Å². The van der Waals surface area contributed by atoms with Crippen LogP contribution in [-0.4, -0.2) is 45.0 Å². The summed E-state index contributed by atoms with van der Waals surface area (Å²) in [4.78, 5) is 47.5. The molecule has 0 fully saturated rings. The van der Waals surface area contributed by atoms with Crippen molar-refractivity contribution in [2.24, 2.45) is 0 Å². The smallest absolute Gasteiger partial charge is 0.455 e. The number of rotatable bonds is 10. The van der Waals surface area contributed by atoms with Gasteiger partial charge in [-0.05, 0) is 41.2 Å². The van der Waals surface area contributed by atoms with Gasteiger partial charge in [0.25, 0.3) is 5.69 Å². The summed E-state index contributed by atoms with van der Waals surface area (Å²) in [5, 5.41) is 17.4. The molecule has 0 saturated heterocycles. The molecular formula is C24H22Cl2N5O8+. The van der Waals surface area contributed by atoms with E-state index in [9.17, 15) is 24.4 Å². The number of aromatic nitrogens is 3. The first-order chi connectivity index (χ1) is 18.6. The predicted octanol–water partition coefficient (Wildman–Crippen LogP) is 2.34. The molecule has 0 radical (unpaired) electrons. The van der Waals surface area contributed by atoms with Gasteiger partial charge in [0.15, 0.2) is 24.2 Å². The highest BCUT2D eigenvalue weighted by Gasteiger charge is 2.25. The van der Waals surface area contributed by atoms with Gasteiger partial charge in [-0.1, -0.05) is 52.7 Å². The molecule has 0 aliphatic heterocycles. The zero-order valence-corrected chi connectivity index (χ0v) is 21.8. The molecule has 13 nitrogen and oxygen atoms in total.